The van der Waals surface area contributed by atoms with Crippen LogP contribution in [0.3, 0.4) is 0 Å². The molecule has 0 heterocycles. The molecule has 0 fully saturated rings. The molecule has 1 rings (SSSR count). The van der Waals surface area contributed by atoms with Crippen LogP contribution in [0.4, 0.5) is 0 Å². The van der Waals surface area contributed by atoms with Crippen LogP contribution in [-0.4, -0.2) is 44.4 Å². The van der Waals surface area contributed by atoms with Crippen molar-refractivity contribution < 1.29 is 9.84 Å². The predicted molar refractivity (Wildman–Crippen MR) is 91.7 cm³/mol. The number of aliphatic hydroxyl groups is 1. The van der Waals surface area contributed by atoms with Crippen molar-refractivity contribution in [1.82, 2.24) is 10.6 Å². The van der Waals surface area contributed by atoms with Gasteiger partial charge in [0.25, 0.3) is 0 Å². The highest BCUT2D eigenvalue weighted by molar-refractivity contribution is 5.79. The van der Waals surface area contributed by atoms with Crippen molar-refractivity contribution >= 4 is 5.96 Å². The van der Waals surface area contributed by atoms with E-state index in [0.717, 1.165) is 36.8 Å². The van der Waals surface area contributed by atoms with Crippen LogP contribution in [-0.2, 0) is 6.42 Å². The molecule has 1 unspecified atom stereocenters. The van der Waals surface area contributed by atoms with Gasteiger partial charge in [0.05, 0.1) is 7.11 Å². The van der Waals surface area contributed by atoms with Crippen LogP contribution in [0.25, 0.3) is 0 Å². The van der Waals surface area contributed by atoms with Gasteiger partial charge in [0.15, 0.2) is 5.96 Å². The van der Waals surface area contributed by atoms with E-state index in [1.54, 1.807) is 7.11 Å². The minimum atomic E-state index is 0.159. The van der Waals surface area contributed by atoms with Gasteiger partial charge in [-0.1, -0.05) is 19.1 Å². The third-order valence-corrected chi connectivity index (χ3v) is 3.40. The number of aliphatic hydroxyl groups excluding tert-OH is 1. The lowest BCUT2D eigenvalue weighted by atomic mass is 10.1. The van der Waals surface area contributed by atoms with E-state index in [4.69, 9.17) is 9.84 Å². The minimum absolute atomic E-state index is 0.159. The Morgan fingerprint density at radius 2 is 2.14 bits per heavy atom. The number of nitrogens with one attached hydrogen (secondary N) is 2. The maximum atomic E-state index is 9.05. The van der Waals surface area contributed by atoms with Gasteiger partial charge in [-0.3, -0.25) is 4.99 Å². The van der Waals surface area contributed by atoms with Crippen LogP contribution in [0.15, 0.2) is 23.2 Å². The molecule has 0 saturated carbocycles. The normalized spacial score (nSPS) is 12.9. The van der Waals surface area contributed by atoms with E-state index in [9.17, 15) is 0 Å². The number of rotatable bonds is 8. The molecule has 22 heavy (non-hydrogen) atoms. The molecule has 1 aromatic carbocycles. The zero-order chi connectivity index (χ0) is 16.4. The molecule has 0 aliphatic heterocycles. The molecule has 0 spiro atoms. The van der Waals surface area contributed by atoms with E-state index in [1.165, 1.54) is 5.56 Å². The van der Waals surface area contributed by atoms with Gasteiger partial charge in [0, 0.05) is 26.2 Å². The zero-order valence-electron chi connectivity index (χ0n) is 14.1. The third-order valence-electron chi connectivity index (χ3n) is 3.40. The summed E-state index contributed by atoms with van der Waals surface area (Å²) in [6, 6.07) is 6.28. The van der Waals surface area contributed by atoms with Crippen molar-refractivity contribution in [3.8, 4) is 5.75 Å². The average molecular weight is 307 g/mol. The lowest BCUT2D eigenvalue weighted by Gasteiger charge is -2.13. The Morgan fingerprint density at radius 1 is 1.36 bits per heavy atom. The number of methoxy groups -OCH3 is 1. The number of ether oxygens (including phenoxy) is 1. The van der Waals surface area contributed by atoms with Gasteiger partial charge in [-0.25, -0.2) is 0 Å². The van der Waals surface area contributed by atoms with Gasteiger partial charge < -0.3 is 20.5 Å². The second kappa shape index (κ2) is 10.1. The summed E-state index contributed by atoms with van der Waals surface area (Å²) < 4.78 is 5.35. The fourth-order valence-electron chi connectivity index (χ4n) is 1.99. The summed E-state index contributed by atoms with van der Waals surface area (Å²) in [5.41, 5.74) is 2.38. The molecule has 3 N–H and O–H groups in total. The number of guanidine groups is 1. The van der Waals surface area contributed by atoms with E-state index >= 15 is 0 Å². The first-order chi connectivity index (χ1) is 10.6. The summed E-state index contributed by atoms with van der Waals surface area (Å²) in [4.78, 5) is 4.47. The number of aliphatic imine (C=N–C) groups is 1. The smallest absolute Gasteiger partial charge is 0.191 e. The fourth-order valence-corrected chi connectivity index (χ4v) is 1.99. The van der Waals surface area contributed by atoms with Crippen LogP contribution in [0.5, 0.6) is 5.75 Å². The molecule has 0 aliphatic rings. The summed E-state index contributed by atoms with van der Waals surface area (Å²) in [6.45, 7) is 8.45. The Labute approximate surface area is 133 Å². The lowest BCUT2D eigenvalue weighted by molar-refractivity contribution is 0.241. The Kier molecular flexibility index (Phi) is 8.36. The topological polar surface area (TPSA) is 65.9 Å². The molecule has 0 amide bonds. The average Bonchev–Trinajstić information content (AvgIpc) is 2.53. The number of hydrogen-bond acceptors (Lipinski definition) is 3. The minimum Gasteiger partial charge on any atom is -0.496 e. The molecular weight excluding hydrogens is 278 g/mol. The predicted octanol–water partition coefficient (Wildman–Crippen LogP) is 1.73. The fraction of sp³-hybridized carbons (Fsp3) is 0.588. The van der Waals surface area contributed by atoms with Gasteiger partial charge in [-0.05, 0) is 43.4 Å². The van der Waals surface area contributed by atoms with Gasteiger partial charge in [-0.15, -0.1) is 0 Å². The number of aryl methyl sites for hydroxylation is 1. The molecule has 0 radical (unpaired) electrons. The SMILES string of the molecule is CCNC(=NCC(C)CO)NCCc1ccc(C)c(OC)c1. The zero-order valence-corrected chi connectivity index (χ0v) is 14.1. The van der Waals surface area contributed by atoms with Crippen molar-refractivity contribution in [2.45, 2.75) is 27.2 Å². The molecule has 0 aromatic heterocycles. The Hall–Kier alpha value is -1.75. The number of benzene rings is 1. The first-order valence-corrected chi connectivity index (χ1v) is 7.87. The Bertz CT molecular complexity index is 475. The van der Waals surface area contributed by atoms with Crippen LogP contribution >= 0.6 is 0 Å². The van der Waals surface area contributed by atoms with Gasteiger partial charge in [0.1, 0.15) is 5.75 Å². The summed E-state index contributed by atoms with van der Waals surface area (Å²) in [5, 5.41) is 15.6. The van der Waals surface area contributed by atoms with Crippen molar-refractivity contribution in [3.05, 3.63) is 29.3 Å². The highest BCUT2D eigenvalue weighted by Crippen LogP contribution is 2.18. The highest BCUT2D eigenvalue weighted by atomic mass is 16.5. The van der Waals surface area contributed by atoms with Gasteiger partial charge >= 0.3 is 0 Å². The van der Waals surface area contributed by atoms with Crippen LogP contribution in [0.1, 0.15) is 25.0 Å². The van der Waals surface area contributed by atoms with Crippen molar-refractivity contribution in [2.24, 2.45) is 10.9 Å². The molecule has 1 atom stereocenters. The van der Waals surface area contributed by atoms with E-state index in [2.05, 4.69) is 33.8 Å². The highest BCUT2D eigenvalue weighted by Gasteiger charge is 2.03. The van der Waals surface area contributed by atoms with Crippen LogP contribution < -0.4 is 15.4 Å². The van der Waals surface area contributed by atoms with Crippen molar-refractivity contribution in [3.63, 3.8) is 0 Å². The largest absolute Gasteiger partial charge is 0.496 e. The van der Waals surface area contributed by atoms with Crippen molar-refractivity contribution in [2.75, 3.05) is 33.4 Å². The summed E-state index contributed by atoms with van der Waals surface area (Å²) >= 11 is 0. The third kappa shape index (κ3) is 6.35. The van der Waals surface area contributed by atoms with Gasteiger partial charge in [0.2, 0.25) is 0 Å². The molecule has 5 heteroatoms. The standard InChI is InChI=1S/C17H29N3O2/c1-5-18-17(20-11-13(2)12-21)19-9-8-15-7-6-14(3)16(10-15)22-4/h6-7,10,13,21H,5,8-9,11-12H2,1-4H3,(H2,18,19,20). The quantitative estimate of drug-likeness (QED) is 0.505. The summed E-state index contributed by atoms with van der Waals surface area (Å²) in [7, 11) is 1.70. The van der Waals surface area contributed by atoms with E-state index in [0.29, 0.717) is 6.54 Å². The number of hydrogen-bond donors (Lipinski definition) is 3. The Balaban J connectivity index is 2.51. The molecule has 0 aliphatic carbocycles. The number of nitrogens with zero attached hydrogens (tertiary/aromatic N) is 1. The van der Waals surface area contributed by atoms with E-state index in [1.807, 2.05) is 20.8 Å². The van der Waals surface area contributed by atoms with Crippen LogP contribution in [0.2, 0.25) is 0 Å². The second-order valence-electron chi connectivity index (χ2n) is 5.49. The molecule has 1 aromatic rings. The maximum Gasteiger partial charge on any atom is 0.191 e. The molecule has 124 valence electrons. The first kappa shape index (κ1) is 18.3. The van der Waals surface area contributed by atoms with E-state index < -0.39 is 0 Å². The molecule has 5 nitrogen and oxygen atoms in total. The molecule has 0 saturated heterocycles. The van der Waals surface area contributed by atoms with E-state index in [-0.39, 0.29) is 12.5 Å². The second-order valence-corrected chi connectivity index (χ2v) is 5.49. The molecular formula is C17H29N3O2. The summed E-state index contributed by atoms with van der Waals surface area (Å²) in [5.74, 6) is 1.90. The maximum absolute atomic E-state index is 9.05. The molecule has 0 bridgehead atoms. The van der Waals surface area contributed by atoms with Gasteiger partial charge in [-0.2, -0.15) is 0 Å². The van der Waals surface area contributed by atoms with Crippen LogP contribution in [0, 0.1) is 12.8 Å². The van der Waals surface area contributed by atoms with Crippen molar-refractivity contribution in [1.29, 1.82) is 0 Å². The monoisotopic (exact) mass is 307 g/mol. The summed E-state index contributed by atoms with van der Waals surface area (Å²) in [6.07, 6.45) is 0.899. The Morgan fingerprint density at radius 3 is 2.77 bits per heavy atom. The lowest BCUT2D eigenvalue weighted by Crippen LogP contribution is -2.38. The first-order valence-electron chi connectivity index (χ1n) is 7.87.